The van der Waals surface area contributed by atoms with E-state index in [9.17, 15) is 9.18 Å². The number of carbonyl (C=O) groups is 1. The van der Waals surface area contributed by atoms with Crippen LogP contribution >= 0.6 is 0 Å². The zero-order valence-electron chi connectivity index (χ0n) is 17.8. The van der Waals surface area contributed by atoms with Crippen molar-refractivity contribution in [3.63, 3.8) is 0 Å². The Morgan fingerprint density at radius 1 is 1.31 bits per heavy atom. The Morgan fingerprint density at radius 2 is 2.19 bits per heavy atom. The van der Waals surface area contributed by atoms with E-state index in [-0.39, 0.29) is 11.2 Å². The summed E-state index contributed by atoms with van der Waals surface area (Å²) in [6, 6.07) is 2.95. The molecule has 0 radical (unpaired) electrons. The summed E-state index contributed by atoms with van der Waals surface area (Å²) in [5, 5.41) is 6.28. The molecule has 166 valence electrons. The largest absolute Gasteiger partial charge is 0.377 e. The van der Waals surface area contributed by atoms with Crippen LogP contribution in [0.25, 0.3) is 5.65 Å². The number of halogens is 1. The number of hydrogen-bond acceptors (Lipinski definition) is 6. The molecule has 6 rings (SSSR count). The number of carbonyl (C=O) groups excluding carboxylic acids is 1. The number of hydrogen-bond donors (Lipinski definition) is 2. The van der Waals surface area contributed by atoms with Gasteiger partial charge in [0.2, 0.25) is 0 Å². The van der Waals surface area contributed by atoms with E-state index in [1.165, 1.54) is 6.07 Å². The number of imidazole rings is 1. The van der Waals surface area contributed by atoms with Gasteiger partial charge in [0.05, 0.1) is 30.1 Å². The Kier molecular flexibility index (Phi) is 4.34. The second-order valence-corrected chi connectivity index (χ2v) is 8.77. The van der Waals surface area contributed by atoms with Crippen LogP contribution in [0.1, 0.15) is 11.3 Å². The number of anilines is 3. The van der Waals surface area contributed by atoms with Gasteiger partial charge in [0.1, 0.15) is 11.5 Å². The first-order valence-corrected chi connectivity index (χ1v) is 10.8. The van der Waals surface area contributed by atoms with E-state index >= 15 is 0 Å². The Bertz CT molecular complexity index is 1220. The van der Waals surface area contributed by atoms with Crippen LogP contribution in [0.4, 0.5) is 26.4 Å². The lowest BCUT2D eigenvalue weighted by atomic mass is 9.93. The molecule has 6 heterocycles. The van der Waals surface area contributed by atoms with Crippen LogP contribution in [0.2, 0.25) is 0 Å². The fraction of sp³-hybridized carbons (Fsp3) is 0.409. The standard InChI is InChI=1S/C22H24FN7O2/c1-14-9-29-10-17(16(23)8-19(29)26-14)27-21(31)30-6-3-15-18(2-4-24-20(15)30)28-7-5-25-22(11-28)12-32-13-22/h2,4,8-10,25H,3,5-7,11-13H2,1H3,(H,27,31). The molecule has 0 unspecified atom stereocenters. The molecular weight excluding hydrogens is 413 g/mol. The number of rotatable bonds is 2. The van der Waals surface area contributed by atoms with Crippen molar-refractivity contribution in [1.29, 1.82) is 0 Å². The number of piperazine rings is 1. The molecule has 9 nitrogen and oxygen atoms in total. The number of nitrogens with zero attached hydrogens (tertiary/aromatic N) is 5. The average Bonchev–Trinajstić information content (AvgIpc) is 3.35. The number of urea groups is 1. The van der Waals surface area contributed by atoms with Crippen molar-refractivity contribution in [2.45, 2.75) is 18.9 Å². The maximum absolute atomic E-state index is 14.6. The van der Waals surface area contributed by atoms with Gasteiger partial charge in [-0.25, -0.2) is 19.2 Å². The van der Waals surface area contributed by atoms with Crippen LogP contribution < -0.4 is 20.4 Å². The SMILES string of the molecule is Cc1cn2cc(NC(=O)N3CCc4c(N5CCNC6(COC6)C5)ccnc43)c(F)cc2n1. The quantitative estimate of drug-likeness (QED) is 0.637. The fourth-order valence-corrected chi connectivity index (χ4v) is 4.88. The highest BCUT2D eigenvalue weighted by Gasteiger charge is 2.43. The minimum absolute atomic E-state index is 0.0198. The van der Waals surface area contributed by atoms with E-state index in [0.29, 0.717) is 24.4 Å². The van der Waals surface area contributed by atoms with Crippen LogP contribution in [-0.2, 0) is 11.2 Å². The van der Waals surface area contributed by atoms with Crippen molar-refractivity contribution in [2.24, 2.45) is 0 Å². The molecule has 2 N–H and O–H groups in total. The first kappa shape index (κ1) is 19.4. The maximum Gasteiger partial charge on any atom is 0.327 e. The smallest absolute Gasteiger partial charge is 0.327 e. The molecule has 0 aliphatic carbocycles. The molecule has 1 spiro atoms. The number of fused-ring (bicyclic) bond motifs is 2. The molecule has 2 amide bonds. The first-order valence-electron chi connectivity index (χ1n) is 10.8. The number of nitrogens with one attached hydrogen (secondary N) is 2. The molecule has 3 aliphatic heterocycles. The summed E-state index contributed by atoms with van der Waals surface area (Å²) in [6.07, 6.45) is 5.79. The predicted molar refractivity (Wildman–Crippen MR) is 118 cm³/mol. The van der Waals surface area contributed by atoms with Crippen LogP contribution in [0.15, 0.2) is 30.7 Å². The lowest BCUT2D eigenvalue weighted by molar-refractivity contribution is -0.0743. The third kappa shape index (κ3) is 3.09. The lowest BCUT2D eigenvalue weighted by Crippen LogP contribution is -2.70. The molecule has 0 aromatic carbocycles. The summed E-state index contributed by atoms with van der Waals surface area (Å²) >= 11 is 0. The molecule has 3 aromatic heterocycles. The Labute approximate surface area is 184 Å². The summed E-state index contributed by atoms with van der Waals surface area (Å²) in [7, 11) is 0. The van der Waals surface area contributed by atoms with E-state index < -0.39 is 11.8 Å². The van der Waals surface area contributed by atoms with Gasteiger partial charge in [-0.3, -0.25) is 4.90 Å². The number of amides is 2. The predicted octanol–water partition coefficient (Wildman–Crippen LogP) is 1.95. The van der Waals surface area contributed by atoms with Crippen LogP contribution in [-0.4, -0.2) is 65.3 Å². The zero-order chi connectivity index (χ0) is 21.9. The van der Waals surface area contributed by atoms with Crippen molar-refractivity contribution in [3.8, 4) is 0 Å². The molecule has 32 heavy (non-hydrogen) atoms. The van der Waals surface area contributed by atoms with Gasteiger partial charge >= 0.3 is 6.03 Å². The van der Waals surface area contributed by atoms with E-state index in [2.05, 4.69) is 25.5 Å². The van der Waals surface area contributed by atoms with Crippen LogP contribution in [0.3, 0.4) is 0 Å². The highest BCUT2D eigenvalue weighted by molar-refractivity contribution is 6.03. The van der Waals surface area contributed by atoms with Gasteiger partial charge < -0.3 is 24.7 Å². The van der Waals surface area contributed by atoms with E-state index in [0.717, 1.165) is 49.8 Å². The third-order valence-corrected chi connectivity index (χ3v) is 6.47. The second kappa shape index (κ2) is 7.14. The molecule has 0 bridgehead atoms. The van der Waals surface area contributed by atoms with E-state index in [1.807, 2.05) is 13.0 Å². The maximum atomic E-state index is 14.6. The number of aryl methyl sites for hydroxylation is 1. The zero-order valence-corrected chi connectivity index (χ0v) is 17.8. The molecular formula is C22H24FN7O2. The third-order valence-electron chi connectivity index (χ3n) is 6.47. The van der Waals surface area contributed by atoms with Crippen molar-refractivity contribution >= 4 is 28.9 Å². The van der Waals surface area contributed by atoms with Gasteiger partial charge in [0.15, 0.2) is 5.82 Å². The van der Waals surface area contributed by atoms with Gasteiger partial charge in [0, 0.05) is 62.1 Å². The summed E-state index contributed by atoms with van der Waals surface area (Å²) in [4.78, 5) is 25.7. The first-order chi connectivity index (χ1) is 15.5. The Balaban J connectivity index is 1.25. The van der Waals surface area contributed by atoms with Gasteiger partial charge in [-0.05, 0) is 19.4 Å². The highest BCUT2D eigenvalue weighted by atomic mass is 19.1. The normalized spacial score (nSPS) is 19.3. The Hall–Kier alpha value is -3.24. The van der Waals surface area contributed by atoms with Gasteiger partial charge in [-0.15, -0.1) is 0 Å². The fourth-order valence-electron chi connectivity index (χ4n) is 4.88. The number of ether oxygens (including phenoxy) is 1. The molecule has 2 fully saturated rings. The van der Waals surface area contributed by atoms with E-state index in [1.54, 1.807) is 27.9 Å². The monoisotopic (exact) mass is 437 g/mol. The topological polar surface area (TPSA) is 87.0 Å². The summed E-state index contributed by atoms with van der Waals surface area (Å²) in [5.74, 6) is 0.115. The Morgan fingerprint density at radius 3 is 3.00 bits per heavy atom. The molecule has 10 heteroatoms. The number of pyridine rings is 2. The highest BCUT2D eigenvalue weighted by Crippen LogP contribution is 2.36. The minimum Gasteiger partial charge on any atom is -0.377 e. The van der Waals surface area contributed by atoms with Crippen molar-refractivity contribution in [3.05, 3.63) is 47.8 Å². The molecule has 2 saturated heterocycles. The molecule has 3 aliphatic rings. The van der Waals surface area contributed by atoms with E-state index in [4.69, 9.17) is 4.74 Å². The minimum atomic E-state index is -0.522. The molecule has 0 saturated carbocycles. The lowest BCUT2D eigenvalue weighted by Gasteiger charge is -2.49. The van der Waals surface area contributed by atoms with Gasteiger partial charge in [-0.1, -0.05) is 0 Å². The van der Waals surface area contributed by atoms with Crippen molar-refractivity contribution in [1.82, 2.24) is 19.7 Å². The van der Waals surface area contributed by atoms with Gasteiger partial charge in [0.25, 0.3) is 0 Å². The summed E-state index contributed by atoms with van der Waals surface area (Å²) in [6.45, 7) is 6.42. The van der Waals surface area contributed by atoms with Crippen molar-refractivity contribution in [2.75, 3.05) is 54.5 Å². The average molecular weight is 437 g/mol. The van der Waals surface area contributed by atoms with Crippen LogP contribution in [0.5, 0.6) is 0 Å². The molecule has 3 aromatic rings. The summed E-state index contributed by atoms with van der Waals surface area (Å²) in [5.41, 5.74) is 3.58. The van der Waals surface area contributed by atoms with Gasteiger partial charge in [-0.2, -0.15) is 0 Å². The van der Waals surface area contributed by atoms with Crippen molar-refractivity contribution < 1.29 is 13.9 Å². The number of aromatic nitrogens is 3. The second-order valence-electron chi connectivity index (χ2n) is 8.77. The van der Waals surface area contributed by atoms with Crippen LogP contribution in [0, 0.1) is 12.7 Å². The summed E-state index contributed by atoms with van der Waals surface area (Å²) < 4.78 is 21.7. The molecule has 0 atom stereocenters.